The van der Waals surface area contributed by atoms with E-state index in [0.717, 1.165) is 12.1 Å². The summed E-state index contributed by atoms with van der Waals surface area (Å²) in [5.74, 6) is 0.155. The quantitative estimate of drug-likeness (QED) is 0.741. The molecule has 108 valence electrons. The molecule has 0 saturated heterocycles. The van der Waals surface area contributed by atoms with Crippen LogP contribution in [-0.4, -0.2) is 33.6 Å². The van der Waals surface area contributed by atoms with Gasteiger partial charge in [0.15, 0.2) is 0 Å². The number of rotatable bonds is 8. The van der Waals surface area contributed by atoms with Crippen LogP contribution in [0.5, 0.6) is 5.75 Å². The third-order valence-corrected chi connectivity index (χ3v) is 3.47. The van der Waals surface area contributed by atoms with Crippen LogP contribution in [0.25, 0.3) is 0 Å². The molecule has 6 heteroatoms. The highest BCUT2D eigenvalue weighted by molar-refractivity contribution is 7.90. The van der Waals surface area contributed by atoms with Crippen molar-refractivity contribution in [1.82, 2.24) is 5.32 Å². The first-order valence-electron chi connectivity index (χ1n) is 6.21. The standard InChI is InChI=1S/C13H20FNO3S/c1-3-15-10-11-7-12(14)9-13(8-11)18-5-4-6-19(2,16)17/h7-9,15H,3-6,10H2,1-2H3. The molecule has 0 aliphatic carbocycles. The molecule has 0 aliphatic heterocycles. The molecule has 0 spiro atoms. The van der Waals surface area contributed by atoms with Crippen molar-refractivity contribution in [3.8, 4) is 5.75 Å². The summed E-state index contributed by atoms with van der Waals surface area (Å²) in [6.45, 7) is 3.62. The lowest BCUT2D eigenvalue weighted by molar-refractivity contribution is 0.315. The Labute approximate surface area is 113 Å². The third-order valence-electron chi connectivity index (χ3n) is 2.44. The Morgan fingerprint density at radius 1 is 1.32 bits per heavy atom. The van der Waals surface area contributed by atoms with E-state index in [4.69, 9.17) is 4.74 Å². The van der Waals surface area contributed by atoms with Crippen LogP contribution < -0.4 is 10.1 Å². The number of halogens is 1. The van der Waals surface area contributed by atoms with E-state index in [2.05, 4.69) is 5.32 Å². The van der Waals surface area contributed by atoms with Crippen LogP contribution in [0.15, 0.2) is 18.2 Å². The third kappa shape index (κ3) is 7.12. The lowest BCUT2D eigenvalue weighted by atomic mass is 10.2. The molecule has 0 saturated carbocycles. The van der Waals surface area contributed by atoms with Crippen molar-refractivity contribution in [2.24, 2.45) is 0 Å². The molecule has 4 nitrogen and oxygen atoms in total. The zero-order valence-electron chi connectivity index (χ0n) is 11.3. The molecule has 0 fully saturated rings. The molecular weight excluding hydrogens is 269 g/mol. The monoisotopic (exact) mass is 289 g/mol. The van der Waals surface area contributed by atoms with Gasteiger partial charge >= 0.3 is 0 Å². The lowest BCUT2D eigenvalue weighted by Gasteiger charge is -2.09. The van der Waals surface area contributed by atoms with Crippen molar-refractivity contribution in [3.63, 3.8) is 0 Å². The fourth-order valence-electron chi connectivity index (χ4n) is 1.59. The topological polar surface area (TPSA) is 55.4 Å². The first-order chi connectivity index (χ1) is 8.90. The average Bonchev–Trinajstić information content (AvgIpc) is 2.30. The normalized spacial score (nSPS) is 11.5. The maximum absolute atomic E-state index is 13.3. The van der Waals surface area contributed by atoms with Crippen LogP contribution in [0, 0.1) is 5.82 Å². The van der Waals surface area contributed by atoms with Crippen molar-refractivity contribution >= 4 is 9.84 Å². The number of nitrogens with one attached hydrogen (secondary N) is 1. The van der Waals surface area contributed by atoms with Gasteiger partial charge in [-0.25, -0.2) is 12.8 Å². The van der Waals surface area contributed by atoms with Gasteiger partial charge in [-0.15, -0.1) is 0 Å². The predicted molar refractivity (Wildman–Crippen MR) is 73.6 cm³/mol. The number of ether oxygens (including phenoxy) is 1. The molecule has 0 unspecified atom stereocenters. The fraction of sp³-hybridized carbons (Fsp3) is 0.538. The molecule has 1 aromatic rings. The highest BCUT2D eigenvalue weighted by Crippen LogP contribution is 2.16. The van der Waals surface area contributed by atoms with Crippen LogP contribution >= 0.6 is 0 Å². The molecule has 1 aromatic carbocycles. The van der Waals surface area contributed by atoms with Gasteiger partial charge in [-0.05, 0) is 30.7 Å². The molecule has 0 atom stereocenters. The van der Waals surface area contributed by atoms with Crippen LogP contribution in [0.2, 0.25) is 0 Å². The van der Waals surface area contributed by atoms with E-state index in [1.807, 2.05) is 6.92 Å². The predicted octanol–water partition coefficient (Wildman–Crippen LogP) is 1.75. The largest absolute Gasteiger partial charge is 0.493 e. The molecule has 0 aromatic heterocycles. The summed E-state index contributed by atoms with van der Waals surface area (Å²) >= 11 is 0. The van der Waals surface area contributed by atoms with Crippen molar-refractivity contribution < 1.29 is 17.5 Å². The maximum Gasteiger partial charge on any atom is 0.147 e. The summed E-state index contributed by atoms with van der Waals surface area (Å²) in [4.78, 5) is 0. The van der Waals surface area contributed by atoms with Crippen LogP contribution in [0.1, 0.15) is 18.9 Å². The first-order valence-corrected chi connectivity index (χ1v) is 8.27. The second-order valence-corrected chi connectivity index (χ2v) is 6.67. The van der Waals surface area contributed by atoms with Gasteiger partial charge in [-0.3, -0.25) is 0 Å². The number of benzene rings is 1. The highest BCUT2D eigenvalue weighted by Gasteiger charge is 2.04. The summed E-state index contributed by atoms with van der Waals surface area (Å²) in [5, 5.41) is 3.10. The van der Waals surface area contributed by atoms with Crippen molar-refractivity contribution in [1.29, 1.82) is 0 Å². The SMILES string of the molecule is CCNCc1cc(F)cc(OCCCS(C)(=O)=O)c1. The number of hydrogen-bond donors (Lipinski definition) is 1. The van der Waals surface area contributed by atoms with Crippen molar-refractivity contribution in [2.45, 2.75) is 19.9 Å². The summed E-state index contributed by atoms with van der Waals surface area (Å²) in [7, 11) is -2.97. The average molecular weight is 289 g/mol. The molecular formula is C13H20FNO3S. The van der Waals surface area contributed by atoms with Gasteiger partial charge in [0.2, 0.25) is 0 Å². The van der Waals surface area contributed by atoms with E-state index in [-0.39, 0.29) is 18.2 Å². The Morgan fingerprint density at radius 3 is 2.68 bits per heavy atom. The Kier molecular flexibility index (Phi) is 6.24. The Hall–Kier alpha value is -1.14. The second kappa shape index (κ2) is 7.45. The molecule has 0 bridgehead atoms. The van der Waals surface area contributed by atoms with E-state index in [1.165, 1.54) is 18.4 Å². The van der Waals surface area contributed by atoms with E-state index < -0.39 is 9.84 Å². The van der Waals surface area contributed by atoms with Gasteiger partial charge in [0, 0.05) is 18.9 Å². The lowest BCUT2D eigenvalue weighted by Crippen LogP contribution is -2.12. The molecule has 0 aliphatic rings. The Bertz CT molecular complexity index is 503. The summed E-state index contributed by atoms with van der Waals surface area (Å²) < 4.78 is 40.6. The minimum absolute atomic E-state index is 0.0760. The molecule has 0 radical (unpaired) electrons. The molecule has 19 heavy (non-hydrogen) atoms. The zero-order chi connectivity index (χ0) is 14.3. The van der Waals surface area contributed by atoms with E-state index in [1.54, 1.807) is 6.07 Å². The number of hydrogen-bond acceptors (Lipinski definition) is 4. The maximum atomic E-state index is 13.3. The first kappa shape index (κ1) is 15.9. The van der Waals surface area contributed by atoms with E-state index in [0.29, 0.717) is 18.7 Å². The highest BCUT2D eigenvalue weighted by atomic mass is 32.2. The van der Waals surface area contributed by atoms with Crippen LogP contribution in [-0.2, 0) is 16.4 Å². The Balaban J connectivity index is 2.51. The van der Waals surface area contributed by atoms with Gasteiger partial charge in [0.05, 0.1) is 12.4 Å². The molecule has 1 N–H and O–H groups in total. The van der Waals surface area contributed by atoms with Gasteiger partial charge in [-0.2, -0.15) is 0 Å². The van der Waals surface area contributed by atoms with Crippen molar-refractivity contribution in [2.75, 3.05) is 25.2 Å². The van der Waals surface area contributed by atoms with E-state index in [9.17, 15) is 12.8 Å². The fourth-order valence-corrected chi connectivity index (χ4v) is 2.23. The van der Waals surface area contributed by atoms with Crippen LogP contribution in [0.3, 0.4) is 0 Å². The molecule has 0 amide bonds. The van der Waals surface area contributed by atoms with Gasteiger partial charge in [0.25, 0.3) is 0 Å². The van der Waals surface area contributed by atoms with Crippen LogP contribution in [0.4, 0.5) is 4.39 Å². The minimum Gasteiger partial charge on any atom is -0.493 e. The molecule has 1 rings (SSSR count). The zero-order valence-corrected chi connectivity index (χ0v) is 12.1. The minimum atomic E-state index is -2.97. The molecule has 0 heterocycles. The Morgan fingerprint density at radius 2 is 2.05 bits per heavy atom. The van der Waals surface area contributed by atoms with Gasteiger partial charge < -0.3 is 10.1 Å². The smallest absolute Gasteiger partial charge is 0.147 e. The van der Waals surface area contributed by atoms with Gasteiger partial charge in [0.1, 0.15) is 21.4 Å². The summed E-state index contributed by atoms with van der Waals surface area (Å²) in [5.41, 5.74) is 0.806. The van der Waals surface area contributed by atoms with Gasteiger partial charge in [-0.1, -0.05) is 6.92 Å². The summed E-state index contributed by atoms with van der Waals surface area (Å²) in [6.07, 6.45) is 1.58. The number of sulfone groups is 1. The van der Waals surface area contributed by atoms with E-state index >= 15 is 0 Å². The second-order valence-electron chi connectivity index (χ2n) is 4.41. The summed E-state index contributed by atoms with van der Waals surface area (Å²) in [6, 6.07) is 4.51. The van der Waals surface area contributed by atoms with Crippen molar-refractivity contribution in [3.05, 3.63) is 29.6 Å².